The summed E-state index contributed by atoms with van der Waals surface area (Å²) in [4.78, 5) is 14.8. The van der Waals surface area contributed by atoms with Crippen LogP contribution in [-0.4, -0.2) is 28.9 Å². The number of carbonyl (C=O) groups is 1. The van der Waals surface area contributed by atoms with Crippen molar-refractivity contribution in [1.82, 2.24) is 4.90 Å². The maximum Gasteiger partial charge on any atom is 0.241 e. The minimum atomic E-state index is -0.381. The first-order valence-corrected chi connectivity index (χ1v) is 9.58. The van der Waals surface area contributed by atoms with Gasteiger partial charge in [0.2, 0.25) is 5.91 Å². The third-order valence-electron chi connectivity index (χ3n) is 7.15. The maximum atomic E-state index is 12.9. The smallest absolute Gasteiger partial charge is 0.241 e. The summed E-state index contributed by atoms with van der Waals surface area (Å²) in [5.41, 5.74) is 6.44. The molecule has 0 aromatic rings. The van der Waals surface area contributed by atoms with Gasteiger partial charge in [-0.05, 0) is 74.5 Å². The van der Waals surface area contributed by atoms with Crippen LogP contribution < -0.4 is 5.73 Å². The maximum absolute atomic E-state index is 12.9. The second kappa shape index (κ2) is 5.77. The highest BCUT2D eigenvalue weighted by Crippen LogP contribution is 2.49. The molecule has 4 nitrogen and oxygen atoms in total. The second-order valence-corrected chi connectivity index (χ2v) is 8.66. The van der Waals surface area contributed by atoms with Crippen molar-refractivity contribution in [2.24, 2.45) is 35.3 Å². The normalized spacial score (nSPS) is 46.0. The van der Waals surface area contributed by atoms with Gasteiger partial charge in [-0.2, -0.15) is 5.26 Å². The van der Waals surface area contributed by atoms with Crippen LogP contribution in [0, 0.1) is 40.9 Å². The number of likely N-dealkylation sites (tertiary alicyclic amines) is 1. The van der Waals surface area contributed by atoms with E-state index in [1.165, 1.54) is 25.7 Å². The highest BCUT2D eigenvalue weighted by molar-refractivity contribution is 5.83. The number of nitrogens with two attached hydrogens (primary N) is 1. The molecule has 126 valence electrons. The van der Waals surface area contributed by atoms with Crippen LogP contribution in [0.1, 0.15) is 58.3 Å². The SMILES string of the molecule is CCC1CC2CC(C1)CC([C@H](N)C(=O)N1C3CC3C[C@H]1C#N)C2. The van der Waals surface area contributed by atoms with Gasteiger partial charge in [0.1, 0.15) is 6.04 Å². The third-order valence-corrected chi connectivity index (χ3v) is 7.15. The molecular weight excluding hydrogens is 286 g/mol. The van der Waals surface area contributed by atoms with Gasteiger partial charge in [0.05, 0.1) is 12.1 Å². The summed E-state index contributed by atoms with van der Waals surface area (Å²) in [6.45, 7) is 2.31. The molecule has 0 aromatic carbocycles. The topological polar surface area (TPSA) is 70.1 Å². The molecule has 23 heavy (non-hydrogen) atoms. The first kappa shape index (κ1) is 15.4. The molecule has 1 amide bonds. The van der Waals surface area contributed by atoms with Gasteiger partial charge in [-0.3, -0.25) is 4.79 Å². The van der Waals surface area contributed by atoms with Gasteiger partial charge in [-0.15, -0.1) is 0 Å². The van der Waals surface area contributed by atoms with E-state index in [0.717, 1.165) is 43.4 Å². The fourth-order valence-electron chi connectivity index (χ4n) is 5.93. The van der Waals surface area contributed by atoms with Crippen molar-refractivity contribution in [3.8, 4) is 6.07 Å². The van der Waals surface area contributed by atoms with Crippen LogP contribution in [0.25, 0.3) is 0 Å². The molecule has 4 heteroatoms. The number of fused-ring (bicyclic) bond motifs is 3. The van der Waals surface area contributed by atoms with Gasteiger partial charge in [-0.25, -0.2) is 0 Å². The predicted molar refractivity (Wildman–Crippen MR) is 88.1 cm³/mol. The Morgan fingerprint density at radius 3 is 2.48 bits per heavy atom. The summed E-state index contributed by atoms with van der Waals surface area (Å²) < 4.78 is 0. The van der Waals surface area contributed by atoms with E-state index in [2.05, 4.69) is 13.0 Å². The van der Waals surface area contributed by atoms with E-state index in [4.69, 9.17) is 5.73 Å². The molecule has 3 saturated carbocycles. The van der Waals surface area contributed by atoms with Gasteiger partial charge in [-0.1, -0.05) is 13.3 Å². The van der Waals surface area contributed by atoms with Crippen LogP contribution in [0.4, 0.5) is 0 Å². The Hall–Kier alpha value is -1.08. The van der Waals surface area contributed by atoms with Crippen LogP contribution in [0.15, 0.2) is 0 Å². The second-order valence-electron chi connectivity index (χ2n) is 8.66. The zero-order valence-corrected chi connectivity index (χ0v) is 14.2. The summed E-state index contributed by atoms with van der Waals surface area (Å²) in [5, 5.41) is 9.32. The highest BCUT2D eigenvalue weighted by atomic mass is 16.2. The average molecular weight is 315 g/mol. The van der Waals surface area contributed by atoms with Gasteiger partial charge in [0.15, 0.2) is 0 Å². The molecule has 0 aromatic heterocycles. The molecule has 1 aliphatic heterocycles. The van der Waals surface area contributed by atoms with Crippen molar-refractivity contribution in [3.63, 3.8) is 0 Å². The molecule has 2 bridgehead atoms. The summed E-state index contributed by atoms with van der Waals surface area (Å²) in [5.74, 6) is 3.41. The largest absolute Gasteiger partial charge is 0.322 e. The van der Waals surface area contributed by atoms with Crippen molar-refractivity contribution in [2.45, 2.75) is 76.4 Å². The van der Waals surface area contributed by atoms with E-state index < -0.39 is 0 Å². The molecule has 0 spiro atoms. The zero-order valence-electron chi connectivity index (χ0n) is 14.2. The van der Waals surface area contributed by atoms with Crippen molar-refractivity contribution in [1.29, 1.82) is 5.26 Å². The lowest BCUT2D eigenvalue weighted by molar-refractivity contribution is -0.135. The van der Waals surface area contributed by atoms with E-state index in [1.54, 1.807) is 0 Å². The molecule has 4 fully saturated rings. The van der Waals surface area contributed by atoms with Gasteiger partial charge < -0.3 is 10.6 Å². The third kappa shape index (κ3) is 2.67. The van der Waals surface area contributed by atoms with Crippen LogP contribution in [0.2, 0.25) is 0 Å². The highest BCUT2D eigenvalue weighted by Gasteiger charge is 2.55. The van der Waals surface area contributed by atoms with Gasteiger partial charge in [0, 0.05) is 6.04 Å². The standard InChI is InChI=1S/C19H29N3O/c1-2-11-3-12-5-13(4-11)7-15(6-12)18(21)19(23)22-16(10-20)8-14-9-17(14)22/h11-18H,2-9,21H2,1H3/t11?,12?,13?,14?,15?,16-,17?,18-/m0/s1. The van der Waals surface area contributed by atoms with Crippen LogP contribution in [0.3, 0.4) is 0 Å². The number of carbonyl (C=O) groups excluding carboxylic acids is 1. The lowest BCUT2D eigenvalue weighted by Gasteiger charge is -2.44. The van der Waals surface area contributed by atoms with Gasteiger partial charge in [0.25, 0.3) is 0 Å². The predicted octanol–water partition coefficient (Wildman–Crippen LogP) is 2.68. The first-order chi connectivity index (χ1) is 11.1. The molecule has 4 unspecified atom stereocenters. The quantitative estimate of drug-likeness (QED) is 0.870. The van der Waals surface area contributed by atoms with Crippen molar-refractivity contribution in [2.75, 3.05) is 0 Å². The number of hydrogen-bond acceptors (Lipinski definition) is 3. The molecule has 3 aliphatic carbocycles. The van der Waals surface area contributed by atoms with Crippen LogP contribution in [-0.2, 0) is 4.79 Å². The summed E-state index contributed by atoms with van der Waals surface area (Å²) in [6.07, 6.45) is 9.52. The summed E-state index contributed by atoms with van der Waals surface area (Å²) >= 11 is 0. The molecule has 6 atom stereocenters. The van der Waals surface area contributed by atoms with Crippen LogP contribution >= 0.6 is 0 Å². The van der Waals surface area contributed by atoms with Crippen LogP contribution in [0.5, 0.6) is 0 Å². The van der Waals surface area contributed by atoms with E-state index >= 15 is 0 Å². The van der Waals surface area contributed by atoms with Crippen molar-refractivity contribution < 1.29 is 4.79 Å². The first-order valence-electron chi connectivity index (χ1n) is 9.58. The zero-order chi connectivity index (χ0) is 16.1. The lowest BCUT2D eigenvalue weighted by atomic mass is 9.63. The number of rotatable bonds is 3. The number of nitriles is 1. The Labute approximate surface area is 139 Å². The molecular formula is C19H29N3O. The summed E-state index contributed by atoms with van der Waals surface area (Å²) in [6, 6.07) is 2.04. The molecule has 4 rings (SSSR count). The Morgan fingerprint density at radius 1 is 1.17 bits per heavy atom. The summed E-state index contributed by atoms with van der Waals surface area (Å²) in [7, 11) is 0. The van der Waals surface area contributed by atoms with E-state index in [9.17, 15) is 10.1 Å². The lowest BCUT2D eigenvalue weighted by Crippen LogP contribution is -2.52. The van der Waals surface area contributed by atoms with E-state index in [-0.39, 0.29) is 18.0 Å². The Bertz CT molecular complexity index is 513. The number of hydrogen-bond donors (Lipinski definition) is 1. The minimum Gasteiger partial charge on any atom is -0.322 e. The fourth-order valence-corrected chi connectivity index (χ4v) is 5.93. The molecule has 0 radical (unpaired) electrons. The van der Waals surface area contributed by atoms with Crippen molar-refractivity contribution in [3.05, 3.63) is 0 Å². The van der Waals surface area contributed by atoms with Gasteiger partial charge >= 0.3 is 0 Å². The average Bonchev–Trinajstić information content (AvgIpc) is 3.22. The minimum absolute atomic E-state index is 0.0681. The number of amides is 1. The Balaban J connectivity index is 1.42. The molecule has 1 saturated heterocycles. The number of nitrogens with zero attached hydrogens (tertiary/aromatic N) is 2. The molecule has 4 aliphatic rings. The number of piperidine rings is 1. The molecule has 1 heterocycles. The van der Waals surface area contributed by atoms with Crippen molar-refractivity contribution >= 4 is 5.91 Å². The Morgan fingerprint density at radius 2 is 1.87 bits per heavy atom. The monoisotopic (exact) mass is 315 g/mol. The molecule has 2 N–H and O–H groups in total. The van der Waals surface area contributed by atoms with E-state index in [1.807, 2.05) is 4.90 Å². The van der Waals surface area contributed by atoms with E-state index in [0.29, 0.717) is 17.9 Å². The fraction of sp³-hybridized carbons (Fsp3) is 0.895. The Kier molecular flexibility index (Phi) is 3.88.